The second-order valence-electron chi connectivity index (χ2n) is 7.19. The van der Waals surface area contributed by atoms with E-state index in [9.17, 15) is 9.59 Å². The summed E-state index contributed by atoms with van der Waals surface area (Å²) in [5.74, 6) is 0.0690. The molecule has 2 heterocycles. The fourth-order valence-corrected chi connectivity index (χ4v) is 3.95. The van der Waals surface area contributed by atoms with Gasteiger partial charge in [0.15, 0.2) is 5.16 Å². The van der Waals surface area contributed by atoms with E-state index in [1.165, 1.54) is 11.8 Å². The Morgan fingerprint density at radius 3 is 2.75 bits per heavy atom. The molecule has 0 unspecified atom stereocenters. The van der Waals surface area contributed by atoms with E-state index in [0.29, 0.717) is 16.2 Å². The fourth-order valence-electron chi connectivity index (χ4n) is 3.05. The molecule has 148 valence electrons. The van der Waals surface area contributed by atoms with E-state index >= 15 is 0 Å². The SMILES string of the molecule is CC[C@H](C)n1c(SCC(=O)Nc2cc(C)ccc2C)nc2cc(C)[nH]c2c1=O. The predicted molar refractivity (Wildman–Crippen MR) is 115 cm³/mol. The van der Waals surface area contributed by atoms with Crippen LogP contribution in [0, 0.1) is 20.8 Å². The van der Waals surface area contributed by atoms with Gasteiger partial charge in [0.25, 0.3) is 5.56 Å². The molecule has 0 fully saturated rings. The third kappa shape index (κ3) is 4.14. The number of fused-ring (bicyclic) bond motifs is 1. The van der Waals surface area contributed by atoms with Crippen molar-refractivity contribution in [3.63, 3.8) is 0 Å². The highest BCUT2D eigenvalue weighted by molar-refractivity contribution is 7.99. The lowest BCUT2D eigenvalue weighted by Gasteiger charge is -2.17. The van der Waals surface area contributed by atoms with E-state index in [1.807, 2.05) is 58.9 Å². The normalized spacial score (nSPS) is 12.3. The molecule has 0 saturated heterocycles. The van der Waals surface area contributed by atoms with Crippen molar-refractivity contribution in [3.8, 4) is 0 Å². The van der Waals surface area contributed by atoms with Crippen LogP contribution in [0.5, 0.6) is 0 Å². The van der Waals surface area contributed by atoms with Crippen LogP contribution in [0.1, 0.15) is 43.1 Å². The first-order valence-corrected chi connectivity index (χ1v) is 10.4. The minimum Gasteiger partial charge on any atom is -0.353 e. The number of anilines is 1. The summed E-state index contributed by atoms with van der Waals surface area (Å²) in [6.45, 7) is 9.88. The van der Waals surface area contributed by atoms with E-state index in [4.69, 9.17) is 0 Å². The molecule has 1 aromatic carbocycles. The molecule has 1 atom stereocenters. The summed E-state index contributed by atoms with van der Waals surface area (Å²) in [4.78, 5) is 33.2. The van der Waals surface area contributed by atoms with E-state index in [1.54, 1.807) is 4.57 Å². The van der Waals surface area contributed by atoms with Crippen molar-refractivity contribution in [1.82, 2.24) is 14.5 Å². The average Bonchev–Trinajstić information content (AvgIpc) is 3.03. The summed E-state index contributed by atoms with van der Waals surface area (Å²) in [5, 5.41) is 3.53. The van der Waals surface area contributed by atoms with Crippen LogP contribution in [-0.4, -0.2) is 26.2 Å². The number of aromatic nitrogens is 3. The number of aryl methyl sites for hydroxylation is 3. The van der Waals surface area contributed by atoms with Gasteiger partial charge >= 0.3 is 0 Å². The fraction of sp³-hybridized carbons (Fsp3) is 0.381. The molecule has 1 amide bonds. The summed E-state index contributed by atoms with van der Waals surface area (Å²) >= 11 is 1.29. The standard InChI is InChI=1S/C21H26N4O2S/c1-6-15(5)25-20(27)19-17(10-14(4)22-19)24-21(25)28-11-18(26)23-16-9-12(2)7-8-13(16)3/h7-10,15,22H,6,11H2,1-5H3,(H,23,26)/t15-/m0/s1. The number of hydrogen-bond acceptors (Lipinski definition) is 4. The Balaban J connectivity index is 1.86. The van der Waals surface area contributed by atoms with Crippen LogP contribution < -0.4 is 10.9 Å². The summed E-state index contributed by atoms with van der Waals surface area (Å²) in [6, 6.07) is 7.82. The number of carbonyl (C=O) groups is 1. The van der Waals surface area contributed by atoms with Crippen LogP contribution in [0.15, 0.2) is 34.2 Å². The van der Waals surface area contributed by atoms with Crippen molar-refractivity contribution in [2.45, 2.75) is 52.2 Å². The van der Waals surface area contributed by atoms with Gasteiger partial charge in [0.1, 0.15) is 5.52 Å². The highest BCUT2D eigenvalue weighted by Gasteiger charge is 2.18. The zero-order valence-electron chi connectivity index (χ0n) is 16.9. The topological polar surface area (TPSA) is 79.8 Å². The molecule has 0 aliphatic rings. The molecule has 3 aromatic rings. The zero-order chi connectivity index (χ0) is 20.4. The lowest BCUT2D eigenvalue weighted by molar-refractivity contribution is -0.113. The van der Waals surface area contributed by atoms with E-state index in [0.717, 1.165) is 28.9 Å². The van der Waals surface area contributed by atoms with Crippen LogP contribution in [0.3, 0.4) is 0 Å². The first-order valence-electron chi connectivity index (χ1n) is 9.42. The van der Waals surface area contributed by atoms with Crippen LogP contribution >= 0.6 is 11.8 Å². The Morgan fingerprint density at radius 2 is 2.04 bits per heavy atom. The van der Waals surface area contributed by atoms with Gasteiger partial charge in [0.2, 0.25) is 5.91 Å². The van der Waals surface area contributed by atoms with E-state index < -0.39 is 0 Å². The number of benzene rings is 1. The number of amides is 1. The molecular formula is C21H26N4O2S. The first-order chi connectivity index (χ1) is 13.3. The molecule has 0 bridgehead atoms. The van der Waals surface area contributed by atoms with Crippen molar-refractivity contribution >= 4 is 34.4 Å². The van der Waals surface area contributed by atoms with Crippen molar-refractivity contribution in [2.75, 3.05) is 11.1 Å². The average molecular weight is 399 g/mol. The summed E-state index contributed by atoms with van der Waals surface area (Å²) < 4.78 is 1.69. The van der Waals surface area contributed by atoms with Gasteiger partial charge in [-0.15, -0.1) is 0 Å². The predicted octanol–water partition coefficient (Wildman–Crippen LogP) is 4.35. The third-order valence-electron chi connectivity index (χ3n) is 4.82. The Kier molecular flexibility index (Phi) is 5.93. The minimum atomic E-state index is -0.117. The molecule has 0 spiro atoms. The van der Waals surface area contributed by atoms with Gasteiger partial charge in [-0.1, -0.05) is 30.8 Å². The van der Waals surface area contributed by atoms with Crippen molar-refractivity contribution in [3.05, 3.63) is 51.4 Å². The molecular weight excluding hydrogens is 372 g/mol. The number of rotatable bonds is 6. The summed E-state index contributed by atoms with van der Waals surface area (Å²) in [6.07, 6.45) is 0.801. The van der Waals surface area contributed by atoms with Crippen LogP contribution in [0.25, 0.3) is 11.0 Å². The van der Waals surface area contributed by atoms with Crippen molar-refractivity contribution in [1.29, 1.82) is 0 Å². The largest absolute Gasteiger partial charge is 0.353 e. The first kappa shape index (κ1) is 20.2. The molecule has 0 saturated carbocycles. The second-order valence-corrected chi connectivity index (χ2v) is 8.14. The van der Waals surface area contributed by atoms with Gasteiger partial charge in [-0.2, -0.15) is 0 Å². The summed E-state index contributed by atoms with van der Waals surface area (Å²) in [7, 11) is 0. The lowest BCUT2D eigenvalue weighted by atomic mass is 10.1. The molecule has 0 aliphatic carbocycles. The number of thioether (sulfide) groups is 1. The van der Waals surface area contributed by atoms with Crippen LogP contribution in [-0.2, 0) is 4.79 Å². The minimum absolute atomic E-state index is 0.00224. The molecule has 0 aliphatic heterocycles. The number of hydrogen-bond donors (Lipinski definition) is 2. The molecule has 0 radical (unpaired) electrons. The molecule has 7 heteroatoms. The molecule has 2 aromatic heterocycles. The van der Waals surface area contributed by atoms with Gasteiger partial charge in [-0.3, -0.25) is 14.2 Å². The highest BCUT2D eigenvalue weighted by Crippen LogP contribution is 2.23. The molecule has 3 rings (SSSR count). The number of H-pyrrole nitrogens is 1. The molecule has 2 N–H and O–H groups in total. The van der Waals surface area contributed by atoms with Gasteiger partial charge in [-0.05, 0) is 57.4 Å². The van der Waals surface area contributed by atoms with Gasteiger partial charge in [0.05, 0.1) is 11.3 Å². The number of aromatic amines is 1. The van der Waals surface area contributed by atoms with Crippen molar-refractivity contribution in [2.24, 2.45) is 0 Å². The Hall–Kier alpha value is -2.54. The van der Waals surface area contributed by atoms with Crippen molar-refractivity contribution < 1.29 is 4.79 Å². The zero-order valence-corrected chi connectivity index (χ0v) is 17.7. The summed E-state index contributed by atoms with van der Waals surface area (Å²) in [5.41, 5.74) is 4.88. The van der Waals surface area contributed by atoms with Gasteiger partial charge in [0, 0.05) is 17.4 Å². The number of carbonyl (C=O) groups excluding carboxylic acids is 1. The van der Waals surface area contributed by atoms with Gasteiger partial charge in [-0.25, -0.2) is 4.98 Å². The highest BCUT2D eigenvalue weighted by atomic mass is 32.2. The number of nitrogens with one attached hydrogen (secondary N) is 2. The third-order valence-corrected chi connectivity index (χ3v) is 5.77. The Bertz CT molecular complexity index is 1080. The maximum Gasteiger partial charge on any atom is 0.278 e. The molecule has 6 nitrogen and oxygen atoms in total. The monoisotopic (exact) mass is 398 g/mol. The van der Waals surface area contributed by atoms with E-state index in [2.05, 4.69) is 15.3 Å². The van der Waals surface area contributed by atoms with Crippen LogP contribution in [0.2, 0.25) is 0 Å². The second kappa shape index (κ2) is 8.22. The Labute approximate surface area is 168 Å². The van der Waals surface area contributed by atoms with Gasteiger partial charge < -0.3 is 10.3 Å². The number of nitrogens with zero attached hydrogens (tertiary/aromatic N) is 2. The smallest absolute Gasteiger partial charge is 0.278 e. The quantitative estimate of drug-likeness (QED) is 0.478. The lowest BCUT2D eigenvalue weighted by Crippen LogP contribution is -2.26. The maximum atomic E-state index is 13.0. The maximum absolute atomic E-state index is 13.0. The Morgan fingerprint density at radius 1 is 1.29 bits per heavy atom. The molecule has 28 heavy (non-hydrogen) atoms. The van der Waals surface area contributed by atoms with Crippen LogP contribution in [0.4, 0.5) is 5.69 Å². The van der Waals surface area contributed by atoms with E-state index in [-0.39, 0.29) is 23.3 Å².